The lowest BCUT2D eigenvalue weighted by Gasteiger charge is -2.27. The largest absolute Gasteiger partial charge is 0.573 e. The molecule has 1 aromatic heterocycles. The lowest BCUT2D eigenvalue weighted by atomic mass is 10.1. The molecular formula is C25H30F3N5O5S2. The predicted octanol–water partition coefficient (Wildman–Crippen LogP) is 4.14. The minimum atomic E-state index is -4.81. The number of primary amides is 1. The molecule has 0 radical (unpaired) electrons. The number of anilines is 1. The van der Waals surface area contributed by atoms with Gasteiger partial charge in [-0.2, -0.15) is 0 Å². The molecule has 2 unspecified atom stereocenters. The SMILES string of the molecule is CCCCCC(C)NC(=O)C1=CSC(CNC(=O)COc2ccc(OC(F)(F)F)cc2)N1c1nc(C(N)=O)cs1. The molecule has 10 nitrogen and oxygen atoms in total. The van der Waals surface area contributed by atoms with Gasteiger partial charge in [0.15, 0.2) is 11.7 Å². The second-order valence-corrected chi connectivity index (χ2v) is 10.7. The quantitative estimate of drug-likeness (QED) is 0.275. The molecule has 2 atom stereocenters. The smallest absolute Gasteiger partial charge is 0.484 e. The normalized spacial score (nSPS) is 15.8. The van der Waals surface area contributed by atoms with Gasteiger partial charge in [-0.1, -0.05) is 26.2 Å². The number of alkyl halides is 3. The lowest BCUT2D eigenvalue weighted by molar-refractivity contribution is -0.274. The molecule has 0 bridgehead atoms. The van der Waals surface area contributed by atoms with Crippen LogP contribution in [0.2, 0.25) is 0 Å². The maximum absolute atomic E-state index is 13.1. The highest BCUT2D eigenvalue weighted by atomic mass is 32.2. The second kappa shape index (κ2) is 14.3. The van der Waals surface area contributed by atoms with Gasteiger partial charge in [0.05, 0.1) is 0 Å². The van der Waals surface area contributed by atoms with Crippen molar-refractivity contribution in [2.24, 2.45) is 5.73 Å². The van der Waals surface area contributed by atoms with E-state index in [0.29, 0.717) is 10.8 Å². The van der Waals surface area contributed by atoms with Gasteiger partial charge in [-0.25, -0.2) is 4.98 Å². The third kappa shape index (κ3) is 9.33. The van der Waals surface area contributed by atoms with Crippen LogP contribution in [0, 0.1) is 0 Å². The van der Waals surface area contributed by atoms with Crippen molar-refractivity contribution in [2.75, 3.05) is 18.1 Å². The summed E-state index contributed by atoms with van der Waals surface area (Å²) in [4.78, 5) is 43.1. The summed E-state index contributed by atoms with van der Waals surface area (Å²) in [6, 6.07) is 4.60. The number of rotatable bonds is 14. The Morgan fingerprint density at radius 2 is 1.88 bits per heavy atom. The van der Waals surface area contributed by atoms with Gasteiger partial charge in [-0.3, -0.25) is 19.3 Å². The fourth-order valence-electron chi connectivity index (χ4n) is 3.64. The molecule has 3 amide bonds. The lowest BCUT2D eigenvalue weighted by Crippen LogP contribution is -2.44. The Morgan fingerprint density at radius 1 is 1.18 bits per heavy atom. The standard InChI is InChI=1S/C25H30F3N5O5S2/c1-3-4-5-6-15(2)31-23(36)19-14-39-21(33(19)24-32-18(13-40-24)22(29)35)11-30-20(34)12-37-16-7-9-17(10-8-16)38-25(26,27)28/h7-10,13-15,21H,3-6,11-12H2,1-2H3,(H2,29,35)(H,30,34)(H,31,36). The minimum absolute atomic E-state index is 0.0470. The molecule has 1 aliphatic rings. The van der Waals surface area contributed by atoms with Gasteiger partial charge in [0.2, 0.25) is 0 Å². The van der Waals surface area contributed by atoms with Crippen LogP contribution in [-0.2, 0) is 9.59 Å². The number of nitrogens with one attached hydrogen (secondary N) is 2. The molecule has 0 saturated heterocycles. The second-order valence-electron chi connectivity index (χ2n) is 8.83. The number of nitrogens with two attached hydrogens (primary N) is 1. The van der Waals surface area contributed by atoms with Crippen LogP contribution in [0.3, 0.4) is 0 Å². The molecule has 0 saturated carbocycles. The highest BCUT2D eigenvalue weighted by Gasteiger charge is 2.35. The van der Waals surface area contributed by atoms with E-state index in [0.717, 1.165) is 49.2 Å². The monoisotopic (exact) mass is 601 g/mol. The van der Waals surface area contributed by atoms with Crippen LogP contribution < -0.4 is 30.7 Å². The molecule has 15 heteroatoms. The van der Waals surface area contributed by atoms with Crippen LogP contribution in [0.5, 0.6) is 11.5 Å². The molecule has 4 N–H and O–H groups in total. The van der Waals surface area contributed by atoms with Crippen LogP contribution >= 0.6 is 23.1 Å². The summed E-state index contributed by atoms with van der Waals surface area (Å²) in [5, 5.41) is 8.81. The summed E-state index contributed by atoms with van der Waals surface area (Å²) in [6.45, 7) is 3.74. The molecule has 2 heterocycles. The van der Waals surface area contributed by atoms with Crippen molar-refractivity contribution in [3.05, 3.63) is 46.4 Å². The van der Waals surface area contributed by atoms with E-state index in [1.165, 1.54) is 29.3 Å². The number of thioether (sulfide) groups is 1. The summed E-state index contributed by atoms with van der Waals surface area (Å²) in [5.74, 6) is -1.73. The van der Waals surface area contributed by atoms with Crippen LogP contribution in [0.25, 0.3) is 0 Å². The van der Waals surface area contributed by atoms with Crippen molar-refractivity contribution < 1.29 is 37.0 Å². The van der Waals surface area contributed by atoms with Crippen molar-refractivity contribution in [1.82, 2.24) is 15.6 Å². The fourth-order valence-corrected chi connectivity index (χ4v) is 5.61. The zero-order valence-corrected chi connectivity index (χ0v) is 23.5. The molecule has 0 fully saturated rings. The number of thiazole rings is 1. The average molecular weight is 602 g/mol. The van der Waals surface area contributed by atoms with E-state index in [1.807, 2.05) is 6.92 Å². The third-order valence-electron chi connectivity index (χ3n) is 5.59. The van der Waals surface area contributed by atoms with Crippen LogP contribution in [0.15, 0.2) is 40.8 Å². The molecule has 40 heavy (non-hydrogen) atoms. The number of nitrogens with zero attached hydrogens (tertiary/aromatic N) is 2. The third-order valence-corrected chi connectivity index (χ3v) is 7.48. The van der Waals surface area contributed by atoms with E-state index in [2.05, 4.69) is 27.3 Å². The van der Waals surface area contributed by atoms with Crippen molar-refractivity contribution >= 4 is 46.0 Å². The van der Waals surface area contributed by atoms with Gasteiger partial charge in [-0.05, 0) is 37.6 Å². The van der Waals surface area contributed by atoms with Crippen molar-refractivity contribution in [3.8, 4) is 11.5 Å². The van der Waals surface area contributed by atoms with Gasteiger partial charge in [-0.15, -0.1) is 36.3 Å². The molecule has 0 aliphatic carbocycles. The van der Waals surface area contributed by atoms with E-state index >= 15 is 0 Å². The van der Waals surface area contributed by atoms with Crippen molar-refractivity contribution in [2.45, 2.75) is 57.3 Å². The molecular weight excluding hydrogens is 571 g/mol. The number of carbonyl (C=O) groups excluding carboxylic acids is 3. The average Bonchev–Trinajstić information content (AvgIpc) is 3.53. The van der Waals surface area contributed by atoms with Crippen LogP contribution in [-0.4, -0.2) is 53.6 Å². The molecule has 218 valence electrons. The van der Waals surface area contributed by atoms with E-state index in [4.69, 9.17) is 10.5 Å². The van der Waals surface area contributed by atoms with Crippen LogP contribution in [0.1, 0.15) is 50.0 Å². The van der Waals surface area contributed by atoms with Gasteiger partial charge in [0.1, 0.15) is 28.3 Å². The Bertz CT molecular complexity index is 1210. The Labute approximate surface area is 237 Å². The summed E-state index contributed by atoms with van der Waals surface area (Å²) >= 11 is 2.45. The molecule has 2 aromatic rings. The number of benzene rings is 1. The summed E-state index contributed by atoms with van der Waals surface area (Å²) in [7, 11) is 0. The zero-order chi connectivity index (χ0) is 29.3. The number of aromatic nitrogens is 1. The maximum atomic E-state index is 13.1. The first-order chi connectivity index (χ1) is 19.0. The molecule has 3 rings (SSSR count). The highest BCUT2D eigenvalue weighted by Crippen LogP contribution is 2.37. The number of hydrogen-bond donors (Lipinski definition) is 3. The Hall–Kier alpha value is -3.46. The first-order valence-corrected chi connectivity index (χ1v) is 14.3. The predicted molar refractivity (Wildman–Crippen MR) is 146 cm³/mol. The first-order valence-electron chi connectivity index (χ1n) is 12.4. The van der Waals surface area contributed by atoms with E-state index < -0.39 is 35.9 Å². The van der Waals surface area contributed by atoms with Crippen molar-refractivity contribution in [3.63, 3.8) is 0 Å². The summed E-state index contributed by atoms with van der Waals surface area (Å²) in [6.07, 6.45) is -0.837. The van der Waals surface area contributed by atoms with E-state index in [9.17, 15) is 27.6 Å². The van der Waals surface area contributed by atoms with Crippen molar-refractivity contribution in [1.29, 1.82) is 0 Å². The number of unbranched alkanes of at least 4 members (excludes halogenated alkanes) is 2. The number of hydrogen-bond acceptors (Lipinski definition) is 9. The summed E-state index contributed by atoms with van der Waals surface area (Å²) in [5.41, 5.74) is 5.74. The van der Waals surface area contributed by atoms with E-state index in [1.54, 1.807) is 10.3 Å². The number of carbonyl (C=O) groups is 3. The van der Waals surface area contributed by atoms with Gasteiger partial charge in [0, 0.05) is 23.4 Å². The minimum Gasteiger partial charge on any atom is -0.484 e. The molecule has 1 aliphatic heterocycles. The number of amides is 3. The summed E-state index contributed by atoms with van der Waals surface area (Å²) < 4.78 is 46.0. The Balaban J connectivity index is 1.60. The Kier molecular flexibility index (Phi) is 11.1. The topological polar surface area (TPSA) is 136 Å². The van der Waals surface area contributed by atoms with Gasteiger partial charge < -0.3 is 25.8 Å². The Morgan fingerprint density at radius 3 is 2.50 bits per heavy atom. The molecule has 1 aromatic carbocycles. The van der Waals surface area contributed by atoms with Gasteiger partial charge >= 0.3 is 6.36 Å². The maximum Gasteiger partial charge on any atom is 0.573 e. The first kappa shape index (κ1) is 31.1. The zero-order valence-electron chi connectivity index (χ0n) is 21.8. The van der Waals surface area contributed by atoms with Gasteiger partial charge in [0.25, 0.3) is 17.7 Å². The van der Waals surface area contributed by atoms with E-state index in [-0.39, 0.29) is 29.9 Å². The van der Waals surface area contributed by atoms with Crippen LogP contribution in [0.4, 0.5) is 18.3 Å². The molecule has 0 spiro atoms. The number of ether oxygens (including phenoxy) is 2. The highest BCUT2D eigenvalue weighted by molar-refractivity contribution is 8.03. The number of halogens is 3. The fraction of sp³-hybridized carbons (Fsp3) is 0.440.